The summed E-state index contributed by atoms with van der Waals surface area (Å²) in [6.45, 7) is 0. The zero-order valence-electron chi connectivity index (χ0n) is 7.26. The van der Waals surface area contributed by atoms with Crippen LogP contribution in [0.25, 0.3) is 0 Å². The van der Waals surface area contributed by atoms with Gasteiger partial charge in [-0.25, -0.2) is 0 Å². The highest BCUT2D eigenvalue weighted by atomic mass is 15.2. The van der Waals surface area contributed by atoms with Gasteiger partial charge in [0.1, 0.15) is 5.82 Å². The highest BCUT2D eigenvalue weighted by molar-refractivity contribution is 6.03. The Morgan fingerprint density at radius 3 is 2.92 bits per heavy atom. The maximum absolute atomic E-state index is 6.99. The van der Waals surface area contributed by atoms with Gasteiger partial charge in [0, 0.05) is 13.2 Å². The lowest BCUT2D eigenvalue weighted by Crippen LogP contribution is -2.39. The predicted molar refractivity (Wildman–Crippen MR) is 52.8 cm³/mol. The van der Waals surface area contributed by atoms with Crippen LogP contribution >= 0.6 is 0 Å². The van der Waals surface area contributed by atoms with Gasteiger partial charge in [0.2, 0.25) is 5.96 Å². The van der Waals surface area contributed by atoms with Crippen LogP contribution < -0.4 is 16.4 Å². The first-order chi connectivity index (χ1) is 6.22. The van der Waals surface area contributed by atoms with E-state index in [0.29, 0.717) is 5.96 Å². The molecule has 6 N–H and O–H groups in total. The van der Waals surface area contributed by atoms with Crippen LogP contribution in [0.4, 0.5) is 5.82 Å². The lowest BCUT2D eigenvalue weighted by atomic mass is 10.6. The van der Waals surface area contributed by atoms with Gasteiger partial charge in [-0.1, -0.05) is 0 Å². The van der Waals surface area contributed by atoms with Crippen molar-refractivity contribution >= 4 is 17.7 Å². The molecular formula is C7H12N6. The highest BCUT2D eigenvalue weighted by Crippen LogP contribution is 1.99. The lowest BCUT2D eigenvalue weighted by Gasteiger charge is -2.07. The molecule has 0 aliphatic carbocycles. The molecule has 0 aromatic carbocycles. The predicted octanol–water partition coefficient (Wildman–Crippen LogP) is -0.105. The van der Waals surface area contributed by atoms with Gasteiger partial charge in [-0.15, -0.1) is 0 Å². The number of hydrogen-bond donors (Lipinski definition) is 5. The first-order valence-electron chi connectivity index (χ1n) is 3.70. The molecule has 0 saturated carbocycles. The van der Waals surface area contributed by atoms with E-state index < -0.39 is 0 Å². The summed E-state index contributed by atoms with van der Waals surface area (Å²) in [5, 5.41) is 12.4. The summed E-state index contributed by atoms with van der Waals surface area (Å²) in [5.74, 6) is 1.06. The first kappa shape index (κ1) is 9.11. The number of nitrogens with two attached hydrogens (primary N) is 1. The molecule has 0 unspecified atom stereocenters. The van der Waals surface area contributed by atoms with Crippen molar-refractivity contribution < 1.29 is 0 Å². The van der Waals surface area contributed by atoms with Crippen molar-refractivity contribution in [2.24, 2.45) is 10.7 Å². The van der Waals surface area contributed by atoms with Gasteiger partial charge in [-0.3, -0.25) is 15.7 Å². The summed E-state index contributed by atoms with van der Waals surface area (Å²) < 4.78 is 0. The van der Waals surface area contributed by atoms with E-state index in [2.05, 4.69) is 20.6 Å². The van der Waals surface area contributed by atoms with E-state index in [4.69, 9.17) is 11.1 Å². The van der Waals surface area contributed by atoms with Gasteiger partial charge in [-0.05, 0) is 12.1 Å². The van der Waals surface area contributed by atoms with Crippen molar-refractivity contribution in [2.75, 3.05) is 12.4 Å². The molecule has 1 rings (SSSR count). The zero-order chi connectivity index (χ0) is 9.68. The molecule has 0 atom stereocenters. The number of anilines is 1. The Hall–Kier alpha value is -1.98. The normalized spacial score (nSPS) is 11.0. The Morgan fingerprint density at radius 2 is 2.46 bits per heavy atom. The van der Waals surface area contributed by atoms with Crippen molar-refractivity contribution in [3.8, 4) is 0 Å². The molecule has 0 saturated heterocycles. The number of aromatic amines is 1. The van der Waals surface area contributed by atoms with Crippen molar-refractivity contribution in [1.29, 1.82) is 5.41 Å². The van der Waals surface area contributed by atoms with Crippen LogP contribution in [-0.4, -0.2) is 24.0 Å². The SMILES string of the molecule is C/N=C(/NC(=N)N)Nc1ccc[nH]1. The number of nitrogens with one attached hydrogen (secondary N) is 4. The quantitative estimate of drug-likeness (QED) is 0.308. The average molecular weight is 180 g/mol. The third-order valence-electron chi connectivity index (χ3n) is 1.33. The number of nitrogens with zero attached hydrogens (tertiary/aromatic N) is 1. The van der Waals surface area contributed by atoms with Crippen LogP contribution in [0.5, 0.6) is 0 Å². The second-order valence-corrected chi connectivity index (χ2v) is 2.32. The topological polar surface area (TPSA) is 102 Å². The third kappa shape index (κ3) is 2.86. The third-order valence-corrected chi connectivity index (χ3v) is 1.33. The molecule has 13 heavy (non-hydrogen) atoms. The van der Waals surface area contributed by atoms with E-state index in [1.165, 1.54) is 0 Å². The number of aliphatic imine (C=N–C) groups is 1. The Bertz CT molecular complexity index is 299. The van der Waals surface area contributed by atoms with Crippen LogP contribution in [0.15, 0.2) is 23.3 Å². The fourth-order valence-corrected chi connectivity index (χ4v) is 0.806. The van der Waals surface area contributed by atoms with E-state index in [9.17, 15) is 0 Å². The molecule has 0 aliphatic rings. The van der Waals surface area contributed by atoms with Crippen LogP contribution in [0.3, 0.4) is 0 Å². The molecule has 0 bridgehead atoms. The van der Waals surface area contributed by atoms with E-state index >= 15 is 0 Å². The van der Waals surface area contributed by atoms with E-state index in [-0.39, 0.29) is 5.96 Å². The maximum atomic E-state index is 6.99. The zero-order valence-corrected chi connectivity index (χ0v) is 7.26. The molecule has 0 amide bonds. The Kier molecular flexibility index (Phi) is 2.91. The molecule has 0 aliphatic heterocycles. The van der Waals surface area contributed by atoms with Crippen LogP contribution in [0, 0.1) is 5.41 Å². The summed E-state index contributed by atoms with van der Waals surface area (Å²) in [5.41, 5.74) is 5.14. The Balaban J connectivity index is 2.56. The minimum absolute atomic E-state index is 0.153. The standard InChI is InChI=1S/C7H12N6/c1-10-7(13-6(8)9)12-5-3-2-4-11-5/h2-4,11H,1H3,(H5,8,9,10,12,13). The van der Waals surface area contributed by atoms with Gasteiger partial charge in [0.25, 0.3) is 0 Å². The van der Waals surface area contributed by atoms with Crippen molar-refractivity contribution in [2.45, 2.75) is 0 Å². The van der Waals surface area contributed by atoms with Crippen LogP contribution in [0.1, 0.15) is 0 Å². The lowest BCUT2D eigenvalue weighted by molar-refractivity contribution is 1.20. The summed E-state index contributed by atoms with van der Waals surface area (Å²) in [4.78, 5) is 6.79. The fraction of sp³-hybridized carbons (Fsp3) is 0.143. The molecule has 0 radical (unpaired) electrons. The monoisotopic (exact) mass is 180 g/mol. The summed E-state index contributed by atoms with van der Waals surface area (Å²) in [6, 6.07) is 3.69. The Labute approximate surface area is 75.8 Å². The molecule has 6 nitrogen and oxygen atoms in total. The average Bonchev–Trinajstić information content (AvgIpc) is 2.55. The molecule has 70 valence electrons. The highest BCUT2D eigenvalue weighted by Gasteiger charge is 1.98. The van der Waals surface area contributed by atoms with Crippen molar-refractivity contribution in [1.82, 2.24) is 10.3 Å². The minimum Gasteiger partial charge on any atom is -0.370 e. The van der Waals surface area contributed by atoms with E-state index in [1.807, 2.05) is 12.1 Å². The van der Waals surface area contributed by atoms with Gasteiger partial charge in [-0.2, -0.15) is 0 Å². The Morgan fingerprint density at radius 1 is 1.69 bits per heavy atom. The van der Waals surface area contributed by atoms with E-state index in [0.717, 1.165) is 5.82 Å². The first-order valence-corrected chi connectivity index (χ1v) is 3.70. The number of hydrogen-bond acceptors (Lipinski definition) is 2. The second kappa shape index (κ2) is 4.15. The molecule has 6 heteroatoms. The largest absolute Gasteiger partial charge is 0.370 e. The molecule has 1 aromatic heterocycles. The van der Waals surface area contributed by atoms with Gasteiger partial charge in [0.15, 0.2) is 5.96 Å². The second-order valence-electron chi connectivity index (χ2n) is 2.32. The van der Waals surface area contributed by atoms with Crippen molar-refractivity contribution in [3.05, 3.63) is 18.3 Å². The van der Waals surface area contributed by atoms with Crippen LogP contribution in [0.2, 0.25) is 0 Å². The number of H-pyrrole nitrogens is 1. The van der Waals surface area contributed by atoms with Gasteiger partial charge >= 0.3 is 0 Å². The number of guanidine groups is 2. The van der Waals surface area contributed by atoms with E-state index in [1.54, 1.807) is 13.2 Å². The van der Waals surface area contributed by atoms with Crippen LogP contribution in [-0.2, 0) is 0 Å². The maximum Gasteiger partial charge on any atom is 0.203 e. The van der Waals surface area contributed by atoms with Gasteiger partial charge < -0.3 is 16.0 Å². The molecule has 1 heterocycles. The van der Waals surface area contributed by atoms with Crippen molar-refractivity contribution in [3.63, 3.8) is 0 Å². The fourth-order valence-electron chi connectivity index (χ4n) is 0.806. The smallest absolute Gasteiger partial charge is 0.203 e. The molecule has 0 spiro atoms. The summed E-state index contributed by atoms with van der Waals surface area (Å²) >= 11 is 0. The molecule has 0 fully saturated rings. The number of rotatable bonds is 1. The molecular weight excluding hydrogens is 168 g/mol. The molecule has 1 aromatic rings. The minimum atomic E-state index is -0.153. The summed E-state index contributed by atoms with van der Waals surface area (Å²) in [7, 11) is 1.60. The summed E-state index contributed by atoms with van der Waals surface area (Å²) in [6.07, 6.45) is 1.78. The van der Waals surface area contributed by atoms with Gasteiger partial charge in [0.05, 0.1) is 0 Å². The number of aromatic nitrogens is 1.